The number of aromatic amines is 1. The van der Waals surface area contributed by atoms with Crippen molar-refractivity contribution in [1.29, 1.82) is 0 Å². The molecule has 0 spiro atoms. The lowest BCUT2D eigenvalue weighted by molar-refractivity contribution is -0.115. The molecule has 0 aliphatic rings. The van der Waals surface area contributed by atoms with Crippen molar-refractivity contribution in [2.75, 3.05) is 5.32 Å². The van der Waals surface area contributed by atoms with Crippen LogP contribution in [0, 0.1) is 0 Å². The molecular weight excluding hydrogens is 259 g/mol. The maximum absolute atomic E-state index is 11.7. The van der Waals surface area contributed by atoms with Crippen LogP contribution < -0.4 is 5.32 Å². The molecule has 0 saturated heterocycles. The molecule has 0 aliphatic heterocycles. The maximum atomic E-state index is 11.7. The second kappa shape index (κ2) is 5.25. The van der Waals surface area contributed by atoms with Crippen molar-refractivity contribution in [1.82, 2.24) is 4.98 Å². The minimum Gasteiger partial charge on any atom is -0.365 e. The normalized spacial score (nSPS) is 10.2. The van der Waals surface area contributed by atoms with Crippen molar-refractivity contribution in [3.8, 4) is 0 Å². The highest BCUT2D eigenvalue weighted by Crippen LogP contribution is 2.29. The van der Waals surface area contributed by atoms with Gasteiger partial charge < -0.3 is 10.3 Å². The smallest absolute Gasteiger partial charge is 0.230 e. The number of hydrogen-bond acceptors (Lipinski definition) is 1. The van der Waals surface area contributed by atoms with Gasteiger partial charge in [-0.1, -0.05) is 29.3 Å². The van der Waals surface area contributed by atoms with Crippen LogP contribution in [0.4, 0.5) is 5.69 Å². The van der Waals surface area contributed by atoms with Crippen LogP contribution >= 0.6 is 23.2 Å². The third-order valence-electron chi connectivity index (χ3n) is 2.24. The minimum absolute atomic E-state index is 0.164. The molecule has 88 valence electrons. The molecule has 2 rings (SSSR count). The van der Waals surface area contributed by atoms with E-state index in [9.17, 15) is 4.79 Å². The molecule has 0 fully saturated rings. The average molecular weight is 269 g/mol. The molecule has 17 heavy (non-hydrogen) atoms. The fraction of sp³-hybridized carbons (Fsp3) is 0.0833. The molecule has 1 heterocycles. The summed E-state index contributed by atoms with van der Waals surface area (Å²) in [7, 11) is 0. The summed E-state index contributed by atoms with van der Waals surface area (Å²) in [4.78, 5) is 14.7. The number of anilines is 1. The van der Waals surface area contributed by atoms with Gasteiger partial charge in [-0.2, -0.15) is 0 Å². The summed E-state index contributed by atoms with van der Waals surface area (Å²) in [5.41, 5.74) is 1.29. The summed E-state index contributed by atoms with van der Waals surface area (Å²) in [6, 6.07) is 8.76. The van der Waals surface area contributed by atoms with E-state index in [4.69, 9.17) is 23.2 Å². The number of benzene rings is 1. The first kappa shape index (κ1) is 12.0. The first-order valence-corrected chi connectivity index (χ1v) is 5.78. The Balaban J connectivity index is 2.08. The molecule has 0 atom stereocenters. The van der Waals surface area contributed by atoms with Gasteiger partial charge in [0.1, 0.15) is 0 Å². The van der Waals surface area contributed by atoms with Gasteiger partial charge in [0.2, 0.25) is 5.91 Å². The molecule has 0 bridgehead atoms. The summed E-state index contributed by atoms with van der Waals surface area (Å²) >= 11 is 11.9. The van der Waals surface area contributed by atoms with E-state index in [1.54, 1.807) is 24.4 Å². The number of aromatic nitrogens is 1. The van der Waals surface area contributed by atoms with E-state index >= 15 is 0 Å². The minimum atomic E-state index is -0.164. The van der Waals surface area contributed by atoms with E-state index in [1.807, 2.05) is 12.1 Å². The lowest BCUT2D eigenvalue weighted by Crippen LogP contribution is -2.15. The third kappa shape index (κ3) is 3.02. The van der Waals surface area contributed by atoms with Crippen molar-refractivity contribution in [3.63, 3.8) is 0 Å². The fourth-order valence-corrected chi connectivity index (χ4v) is 1.94. The highest BCUT2D eigenvalue weighted by atomic mass is 35.5. The van der Waals surface area contributed by atoms with Crippen LogP contribution in [-0.4, -0.2) is 10.9 Å². The van der Waals surface area contributed by atoms with E-state index < -0.39 is 0 Å². The molecule has 5 heteroatoms. The SMILES string of the molecule is O=C(Cc1ccc[nH]1)Nc1c(Cl)cccc1Cl. The van der Waals surface area contributed by atoms with Crippen molar-refractivity contribution < 1.29 is 4.79 Å². The van der Waals surface area contributed by atoms with Crippen LogP contribution in [0.2, 0.25) is 10.0 Å². The Hall–Kier alpha value is -1.45. The quantitative estimate of drug-likeness (QED) is 0.880. The highest BCUT2D eigenvalue weighted by Gasteiger charge is 2.10. The van der Waals surface area contributed by atoms with E-state index in [2.05, 4.69) is 10.3 Å². The Kier molecular flexibility index (Phi) is 3.71. The Morgan fingerprint density at radius 3 is 2.47 bits per heavy atom. The van der Waals surface area contributed by atoms with Gasteiger partial charge in [-0.15, -0.1) is 0 Å². The van der Waals surface area contributed by atoms with Gasteiger partial charge in [-0.05, 0) is 24.3 Å². The Morgan fingerprint density at radius 1 is 1.18 bits per heavy atom. The predicted molar refractivity (Wildman–Crippen MR) is 69.6 cm³/mol. The summed E-state index contributed by atoms with van der Waals surface area (Å²) < 4.78 is 0. The number of nitrogens with one attached hydrogen (secondary N) is 2. The Bertz CT molecular complexity index is 503. The van der Waals surface area contributed by atoms with Gasteiger partial charge in [0, 0.05) is 11.9 Å². The van der Waals surface area contributed by atoms with Crippen LogP contribution in [-0.2, 0) is 11.2 Å². The van der Waals surface area contributed by atoms with E-state index in [-0.39, 0.29) is 12.3 Å². The largest absolute Gasteiger partial charge is 0.365 e. The third-order valence-corrected chi connectivity index (χ3v) is 2.87. The number of para-hydroxylation sites is 1. The van der Waals surface area contributed by atoms with Crippen LogP contribution in [0.3, 0.4) is 0 Å². The highest BCUT2D eigenvalue weighted by molar-refractivity contribution is 6.39. The van der Waals surface area contributed by atoms with Gasteiger partial charge >= 0.3 is 0 Å². The molecule has 2 aromatic rings. The number of amides is 1. The number of rotatable bonds is 3. The standard InChI is InChI=1S/C12H10Cl2N2O/c13-9-4-1-5-10(14)12(9)16-11(17)7-8-3-2-6-15-8/h1-6,15H,7H2,(H,16,17). The predicted octanol–water partition coefficient (Wildman–Crippen LogP) is 3.50. The lowest BCUT2D eigenvalue weighted by atomic mass is 10.2. The zero-order valence-electron chi connectivity index (χ0n) is 8.84. The zero-order chi connectivity index (χ0) is 12.3. The summed E-state index contributed by atoms with van der Waals surface area (Å²) in [5.74, 6) is -0.164. The van der Waals surface area contributed by atoms with Crippen LogP contribution in [0.5, 0.6) is 0 Å². The Morgan fingerprint density at radius 2 is 1.88 bits per heavy atom. The molecule has 0 aliphatic carbocycles. The van der Waals surface area contributed by atoms with Gasteiger partial charge in [-0.3, -0.25) is 4.79 Å². The number of halogens is 2. The van der Waals surface area contributed by atoms with E-state index in [0.717, 1.165) is 5.69 Å². The van der Waals surface area contributed by atoms with Crippen molar-refractivity contribution in [2.45, 2.75) is 6.42 Å². The Labute approximate surface area is 109 Å². The number of hydrogen-bond donors (Lipinski definition) is 2. The number of carbonyl (C=O) groups is 1. The maximum Gasteiger partial charge on any atom is 0.230 e. The number of carbonyl (C=O) groups excluding carboxylic acids is 1. The van der Waals surface area contributed by atoms with Crippen LogP contribution in [0.25, 0.3) is 0 Å². The summed E-state index contributed by atoms with van der Waals surface area (Å²) in [6.07, 6.45) is 2.03. The first-order chi connectivity index (χ1) is 8.16. The second-order valence-corrected chi connectivity index (χ2v) is 4.33. The lowest BCUT2D eigenvalue weighted by Gasteiger charge is -2.08. The second-order valence-electron chi connectivity index (χ2n) is 3.52. The molecule has 0 radical (unpaired) electrons. The average Bonchev–Trinajstić information content (AvgIpc) is 2.76. The van der Waals surface area contributed by atoms with Crippen molar-refractivity contribution in [2.24, 2.45) is 0 Å². The summed E-state index contributed by atoms with van der Waals surface area (Å²) in [5, 5.41) is 3.55. The monoisotopic (exact) mass is 268 g/mol. The molecule has 1 amide bonds. The molecule has 3 nitrogen and oxygen atoms in total. The van der Waals surface area contributed by atoms with Gasteiger partial charge in [0.15, 0.2) is 0 Å². The van der Waals surface area contributed by atoms with Crippen molar-refractivity contribution >= 4 is 34.8 Å². The van der Waals surface area contributed by atoms with Crippen LogP contribution in [0.15, 0.2) is 36.5 Å². The van der Waals surface area contributed by atoms with E-state index in [0.29, 0.717) is 15.7 Å². The van der Waals surface area contributed by atoms with Gasteiger partial charge in [-0.25, -0.2) is 0 Å². The molecule has 2 N–H and O–H groups in total. The van der Waals surface area contributed by atoms with Crippen molar-refractivity contribution in [3.05, 3.63) is 52.3 Å². The molecule has 1 aromatic heterocycles. The summed E-state index contributed by atoms with van der Waals surface area (Å²) in [6.45, 7) is 0. The number of H-pyrrole nitrogens is 1. The van der Waals surface area contributed by atoms with Gasteiger partial charge in [0.25, 0.3) is 0 Å². The molecule has 1 aromatic carbocycles. The van der Waals surface area contributed by atoms with E-state index in [1.165, 1.54) is 0 Å². The van der Waals surface area contributed by atoms with Crippen LogP contribution in [0.1, 0.15) is 5.69 Å². The molecule has 0 unspecified atom stereocenters. The topological polar surface area (TPSA) is 44.9 Å². The zero-order valence-corrected chi connectivity index (χ0v) is 10.3. The molecular formula is C12H10Cl2N2O. The first-order valence-electron chi connectivity index (χ1n) is 5.03. The van der Waals surface area contributed by atoms with Gasteiger partial charge in [0.05, 0.1) is 22.2 Å². The molecule has 0 saturated carbocycles. The fourth-order valence-electron chi connectivity index (χ4n) is 1.45.